The Balaban J connectivity index is 1.79. The van der Waals surface area contributed by atoms with Crippen molar-refractivity contribution >= 4 is 23.5 Å². The molecule has 3 aromatic carbocycles. The van der Waals surface area contributed by atoms with Crippen LogP contribution < -0.4 is 0 Å². The molecule has 3 rings (SSSR count). The molecule has 0 saturated heterocycles. The van der Waals surface area contributed by atoms with Gasteiger partial charge in [0.15, 0.2) is 0 Å². The van der Waals surface area contributed by atoms with Gasteiger partial charge in [-0.2, -0.15) is 0 Å². The van der Waals surface area contributed by atoms with Crippen LogP contribution in [0.2, 0.25) is 5.02 Å². The van der Waals surface area contributed by atoms with Crippen molar-refractivity contribution < 1.29 is 14.3 Å². The van der Waals surface area contributed by atoms with Crippen molar-refractivity contribution in [1.29, 1.82) is 0 Å². The number of halogens is 1. The van der Waals surface area contributed by atoms with E-state index in [1.165, 1.54) is 11.1 Å². The number of benzene rings is 3. The van der Waals surface area contributed by atoms with Gasteiger partial charge in [-0.05, 0) is 36.1 Å². The number of ether oxygens (including phenoxy) is 1. The molecule has 5 heteroatoms. The molecule has 0 aliphatic heterocycles. The Morgan fingerprint density at radius 1 is 0.848 bits per heavy atom. The highest BCUT2D eigenvalue weighted by atomic mass is 35.5. The summed E-state index contributed by atoms with van der Waals surface area (Å²) in [5.74, 6) is -0.281. The zero-order valence-electron chi connectivity index (χ0n) is 19.0. The Labute approximate surface area is 201 Å². The lowest BCUT2D eigenvalue weighted by molar-refractivity contribution is -0.145. The Bertz CT molecular complexity index is 984. The maximum absolute atomic E-state index is 13.1. The van der Waals surface area contributed by atoms with Crippen LogP contribution in [0.5, 0.6) is 0 Å². The van der Waals surface area contributed by atoms with Crippen molar-refractivity contribution in [1.82, 2.24) is 4.90 Å². The number of nitrogens with zero attached hydrogens (tertiary/aromatic N) is 1. The second kappa shape index (κ2) is 12.8. The van der Waals surface area contributed by atoms with E-state index in [0.717, 1.165) is 12.0 Å². The van der Waals surface area contributed by atoms with Crippen molar-refractivity contribution in [2.24, 2.45) is 0 Å². The van der Waals surface area contributed by atoms with Gasteiger partial charge in [-0.15, -0.1) is 0 Å². The number of rotatable bonds is 11. The van der Waals surface area contributed by atoms with E-state index in [1.54, 1.807) is 11.8 Å². The van der Waals surface area contributed by atoms with E-state index in [1.807, 2.05) is 60.7 Å². The lowest BCUT2D eigenvalue weighted by atomic mass is 9.88. The molecule has 0 fully saturated rings. The number of amides is 1. The zero-order chi connectivity index (χ0) is 23.5. The van der Waals surface area contributed by atoms with Gasteiger partial charge in [-0.1, -0.05) is 90.5 Å². The maximum atomic E-state index is 13.1. The summed E-state index contributed by atoms with van der Waals surface area (Å²) in [6, 6.07) is 28.2. The first-order valence-electron chi connectivity index (χ1n) is 11.3. The molecular weight excluding hydrogens is 434 g/mol. The fraction of sp³-hybridized carbons (Fsp3) is 0.286. The Morgan fingerprint density at radius 3 is 2.00 bits per heavy atom. The average molecular weight is 464 g/mol. The van der Waals surface area contributed by atoms with Gasteiger partial charge < -0.3 is 9.64 Å². The smallest absolute Gasteiger partial charge is 0.306 e. The van der Waals surface area contributed by atoms with Crippen molar-refractivity contribution in [2.45, 2.75) is 38.6 Å². The van der Waals surface area contributed by atoms with Gasteiger partial charge >= 0.3 is 5.97 Å². The van der Waals surface area contributed by atoms with Crippen LogP contribution in [0.1, 0.15) is 48.8 Å². The van der Waals surface area contributed by atoms with E-state index < -0.39 is 0 Å². The van der Waals surface area contributed by atoms with Crippen molar-refractivity contribution in [3.05, 3.63) is 107 Å². The monoisotopic (exact) mass is 463 g/mol. The van der Waals surface area contributed by atoms with Crippen LogP contribution >= 0.6 is 11.6 Å². The molecule has 33 heavy (non-hydrogen) atoms. The molecular formula is C28H30ClNO3. The van der Waals surface area contributed by atoms with E-state index in [9.17, 15) is 9.59 Å². The van der Waals surface area contributed by atoms with E-state index in [4.69, 9.17) is 16.3 Å². The third kappa shape index (κ3) is 7.47. The molecule has 4 nitrogen and oxygen atoms in total. The van der Waals surface area contributed by atoms with Crippen molar-refractivity contribution in [3.63, 3.8) is 0 Å². The van der Waals surface area contributed by atoms with Crippen molar-refractivity contribution in [2.75, 3.05) is 13.2 Å². The quantitative estimate of drug-likeness (QED) is 0.316. The summed E-state index contributed by atoms with van der Waals surface area (Å²) >= 11 is 6.38. The van der Waals surface area contributed by atoms with E-state index >= 15 is 0 Å². The highest BCUT2D eigenvalue weighted by molar-refractivity contribution is 6.31. The Morgan fingerprint density at radius 2 is 1.42 bits per heavy atom. The van der Waals surface area contributed by atoms with E-state index in [-0.39, 0.29) is 30.6 Å². The first kappa shape index (κ1) is 24.5. The van der Waals surface area contributed by atoms with Crippen LogP contribution in [0.25, 0.3) is 0 Å². The third-order valence-electron chi connectivity index (χ3n) is 5.61. The number of carbonyl (C=O) groups is 2. The molecule has 0 radical (unpaired) electrons. The van der Waals surface area contributed by atoms with Crippen molar-refractivity contribution in [3.8, 4) is 0 Å². The molecule has 0 aliphatic rings. The normalized spacial score (nSPS) is 10.8. The molecule has 0 unspecified atom stereocenters. The summed E-state index contributed by atoms with van der Waals surface area (Å²) in [6.45, 7) is 3.02. The van der Waals surface area contributed by atoms with Crippen LogP contribution in [0, 0.1) is 0 Å². The van der Waals surface area contributed by atoms with Gasteiger partial charge in [0, 0.05) is 30.5 Å². The summed E-state index contributed by atoms with van der Waals surface area (Å²) in [4.78, 5) is 26.7. The lowest BCUT2D eigenvalue weighted by Gasteiger charge is -2.26. The van der Waals surface area contributed by atoms with Crippen LogP contribution in [0.15, 0.2) is 84.9 Å². The molecule has 0 saturated carbocycles. The molecule has 0 spiro atoms. The van der Waals surface area contributed by atoms with Gasteiger partial charge in [0.25, 0.3) is 0 Å². The standard InChI is InChI=1S/C28H30ClNO3/c1-2-33-28(32)18-17-27(31)30(21-24-15-9-10-16-26(24)29)20-19-25(22-11-5-3-6-12-22)23-13-7-4-8-14-23/h3-16,25H,2,17-21H2,1H3. The minimum atomic E-state index is -0.352. The summed E-state index contributed by atoms with van der Waals surface area (Å²) < 4.78 is 4.99. The van der Waals surface area contributed by atoms with E-state index in [2.05, 4.69) is 24.3 Å². The minimum absolute atomic E-state index is 0.0759. The molecule has 0 aliphatic carbocycles. The number of hydrogen-bond acceptors (Lipinski definition) is 3. The highest BCUT2D eigenvalue weighted by Crippen LogP contribution is 2.29. The van der Waals surface area contributed by atoms with Gasteiger partial charge in [0.05, 0.1) is 13.0 Å². The predicted molar refractivity (Wildman–Crippen MR) is 132 cm³/mol. The number of carbonyl (C=O) groups excluding carboxylic acids is 2. The first-order valence-corrected chi connectivity index (χ1v) is 11.7. The number of hydrogen-bond donors (Lipinski definition) is 0. The molecule has 1 amide bonds. The molecule has 3 aromatic rings. The van der Waals surface area contributed by atoms with Gasteiger partial charge in [0.2, 0.25) is 5.91 Å². The van der Waals surface area contributed by atoms with Crippen LogP contribution in [0.3, 0.4) is 0 Å². The molecule has 0 bridgehead atoms. The van der Waals surface area contributed by atoms with Crippen LogP contribution in [-0.4, -0.2) is 29.9 Å². The summed E-state index contributed by atoms with van der Waals surface area (Å²) in [5, 5.41) is 0.628. The fourth-order valence-electron chi connectivity index (χ4n) is 3.91. The van der Waals surface area contributed by atoms with Crippen LogP contribution in [0.4, 0.5) is 0 Å². The Kier molecular flexibility index (Phi) is 9.52. The van der Waals surface area contributed by atoms with Gasteiger partial charge in [0.1, 0.15) is 0 Å². The maximum Gasteiger partial charge on any atom is 0.306 e. The summed E-state index contributed by atoms with van der Waals surface area (Å²) in [7, 11) is 0. The van der Waals surface area contributed by atoms with Gasteiger partial charge in [-0.25, -0.2) is 0 Å². The SMILES string of the molecule is CCOC(=O)CCC(=O)N(CCC(c1ccccc1)c1ccccc1)Cc1ccccc1Cl. The zero-order valence-corrected chi connectivity index (χ0v) is 19.7. The second-order valence-electron chi connectivity index (χ2n) is 7.87. The molecule has 0 heterocycles. The van der Waals surface area contributed by atoms with Gasteiger partial charge in [-0.3, -0.25) is 9.59 Å². The van der Waals surface area contributed by atoms with Crippen LogP contribution in [-0.2, 0) is 20.9 Å². The second-order valence-corrected chi connectivity index (χ2v) is 8.28. The predicted octanol–water partition coefficient (Wildman–Crippen LogP) is 6.23. The first-order chi connectivity index (χ1) is 16.1. The summed E-state index contributed by atoms with van der Waals surface area (Å²) in [6.07, 6.45) is 0.945. The third-order valence-corrected chi connectivity index (χ3v) is 5.98. The Hall–Kier alpha value is -3.11. The molecule has 0 N–H and O–H groups in total. The largest absolute Gasteiger partial charge is 0.466 e. The molecule has 0 aromatic heterocycles. The van der Waals surface area contributed by atoms with E-state index in [0.29, 0.717) is 24.7 Å². The number of esters is 1. The lowest BCUT2D eigenvalue weighted by Crippen LogP contribution is -2.33. The molecule has 0 atom stereocenters. The highest BCUT2D eigenvalue weighted by Gasteiger charge is 2.21. The average Bonchev–Trinajstić information content (AvgIpc) is 2.84. The fourth-order valence-corrected chi connectivity index (χ4v) is 4.10. The summed E-state index contributed by atoms with van der Waals surface area (Å²) in [5.41, 5.74) is 3.31. The molecule has 172 valence electrons. The topological polar surface area (TPSA) is 46.6 Å². The minimum Gasteiger partial charge on any atom is -0.466 e.